The number of rotatable bonds is 7. The maximum atomic E-state index is 5.68. The van der Waals surface area contributed by atoms with E-state index in [4.69, 9.17) is 4.74 Å². The molecule has 1 N–H and O–H groups in total. The molecule has 0 bridgehead atoms. The highest BCUT2D eigenvalue weighted by atomic mass is 127. The Morgan fingerprint density at radius 3 is 2.69 bits per heavy atom. The number of thiazole rings is 1. The summed E-state index contributed by atoms with van der Waals surface area (Å²) in [6.07, 6.45) is 0.239. The van der Waals surface area contributed by atoms with Gasteiger partial charge in [0.25, 0.3) is 0 Å². The minimum absolute atomic E-state index is 0. The highest BCUT2D eigenvalue weighted by Gasteiger charge is 2.09. The number of guanidine groups is 1. The third kappa shape index (κ3) is 7.59. The lowest BCUT2D eigenvalue weighted by atomic mass is 10.1. The van der Waals surface area contributed by atoms with Gasteiger partial charge in [-0.05, 0) is 31.9 Å². The molecule has 26 heavy (non-hydrogen) atoms. The largest absolute Gasteiger partial charge is 0.374 e. The number of hydrogen-bond donors (Lipinski definition) is 1. The van der Waals surface area contributed by atoms with Crippen molar-refractivity contribution in [1.82, 2.24) is 15.2 Å². The van der Waals surface area contributed by atoms with E-state index in [9.17, 15) is 0 Å². The van der Waals surface area contributed by atoms with Gasteiger partial charge in [0.05, 0.1) is 30.0 Å². The number of hydrogen-bond acceptors (Lipinski definition) is 4. The fraction of sp³-hybridized carbons (Fsp3) is 0.474. The van der Waals surface area contributed by atoms with Crippen molar-refractivity contribution < 1.29 is 4.74 Å². The van der Waals surface area contributed by atoms with Gasteiger partial charge in [-0.3, -0.25) is 4.99 Å². The van der Waals surface area contributed by atoms with Crippen LogP contribution in [-0.2, 0) is 24.4 Å². The Bertz CT molecular complexity index is 702. The lowest BCUT2D eigenvalue weighted by Gasteiger charge is -2.21. The Hall–Kier alpha value is -1.19. The van der Waals surface area contributed by atoms with Crippen LogP contribution in [0.1, 0.15) is 35.7 Å². The van der Waals surface area contributed by atoms with E-state index in [1.54, 1.807) is 18.4 Å². The molecule has 1 heterocycles. The van der Waals surface area contributed by atoms with Gasteiger partial charge < -0.3 is 15.0 Å². The maximum Gasteiger partial charge on any atom is 0.194 e. The van der Waals surface area contributed by atoms with E-state index >= 15 is 0 Å². The third-order valence-corrected chi connectivity index (χ3v) is 4.49. The van der Waals surface area contributed by atoms with Crippen LogP contribution in [0, 0.1) is 6.92 Å². The average Bonchev–Trinajstić information content (AvgIpc) is 2.99. The molecule has 0 aliphatic heterocycles. The second-order valence-corrected chi connectivity index (χ2v) is 7.36. The van der Waals surface area contributed by atoms with Gasteiger partial charge in [-0.2, -0.15) is 0 Å². The SMILES string of the molecule is CN=C(NCc1cccc(COC(C)C)c1)N(C)Cc1csc(C)n1.I. The lowest BCUT2D eigenvalue weighted by Crippen LogP contribution is -2.38. The minimum atomic E-state index is 0. The molecule has 1 aromatic heterocycles. The summed E-state index contributed by atoms with van der Waals surface area (Å²) in [5, 5.41) is 6.60. The lowest BCUT2D eigenvalue weighted by molar-refractivity contribution is 0.0657. The molecule has 0 amide bonds. The highest BCUT2D eigenvalue weighted by Crippen LogP contribution is 2.11. The Labute approximate surface area is 177 Å². The van der Waals surface area contributed by atoms with Crippen molar-refractivity contribution >= 4 is 41.3 Å². The molecule has 2 rings (SSSR count). The number of aromatic nitrogens is 1. The maximum absolute atomic E-state index is 5.68. The number of aliphatic imine (C=N–C) groups is 1. The molecular weight excluding hydrogens is 459 g/mol. The van der Waals surface area contributed by atoms with Crippen molar-refractivity contribution in [2.24, 2.45) is 4.99 Å². The number of nitrogens with one attached hydrogen (secondary N) is 1. The molecule has 0 radical (unpaired) electrons. The van der Waals surface area contributed by atoms with Crippen LogP contribution < -0.4 is 5.32 Å². The Morgan fingerprint density at radius 2 is 2.08 bits per heavy atom. The summed E-state index contributed by atoms with van der Waals surface area (Å²) in [5.74, 6) is 0.856. The Balaban J connectivity index is 0.00000338. The summed E-state index contributed by atoms with van der Waals surface area (Å²) in [4.78, 5) is 11.0. The van der Waals surface area contributed by atoms with Crippen molar-refractivity contribution in [3.05, 3.63) is 51.5 Å². The van der Waals surface area contributed by atoms with Gasteiger partial charge in [0.2, 0.25) is 0 Å². The van der Waals surface area contributed by atoms with Gasteiger partial charge in [0, 0.05) is 26.0 Å². The number of ether oxygens (including phenoxy) is 1. The zero-order valence-electron chi connectivity index (χ0n) is 16.2. The highest BCUT2D eigenvalue weighted by molar-refractivity contribution is 14.0. The van der Waals surface area contributed by atoms with Gasteiger partial charge in [0.1, 0.15) is 0 Å². The Morgan fingerprint density at radius 1 is 1.35 bits per heavy atom. The molecule has 5 nitrogen and oxygen atoms in total. The smallest absolute Gasteiger partial charge is 0.194 e. The molecule has 0 fully saturated rings. The molecule has 144 valence electrons. The molecule has 1 aromatic carbocycles. The number of nitrogens with zero attached hydrogens (tertiary/aromatic N) is 3. The van der Waals surface area contributed by atoms with Crippen LogP contribution in [-0.4, -0.2) is 36.0 Å². The predicted octanol–water partition coefficient (Wildman–Crippen LogP) is 4.20. The molecule has 0 aliphatic rings. The molecule has 2 aromatic rings. The zero-order chi connectivity index (χ0) is 18.2. The number of aryl methyl sites for hydroxylation is 1. The molecule has 7 heteroatoms. The minimum Gasteiger partial charge on any atom is -0.374 e. The summed E-state index contributed by atoms with van der Waals surface area (Å²) < 4.78 is 5.68. The first-order chi connectivity index (χ1) is 12.0. The van der Waals surface area contributed by atoms with Crippen molar-refractivity contribution in [2.45, 2.75) is 46.6 Å². The molecule has 0 unspecified atom stereocenters. The van der Waals surface area contributed by atoms with Gasteiger partial charge in [-0.15, -0.1) is 35.3 Å². The first kappa shape index (κ1) is 22.9. The second kappa shape index (κ2) is 11.5. The van der Waals surface area contributed by atoms with Crippen LogP contribution in [0.4, 0.5) is 0 Å². The molecule has 0 atom stereocenters. The normalized spacial score (nSPS) is 11.4. The monoisotopic (exact) mass is 488 g/mol. The summed E-state index contributed by atoms with van der Waals surface area (Å²) in [7, 11) is 3.83. The molecule has 0 spiro atoms. The number of benzene rings is 1. The van der Waals surface area contributed by atoms with Crippen molar-refractivity contribution in [2.75, 3.05) is 14.1 Å². The van der Waals surface area contributed by atoms with Crippen LogP contribution in [0.2, 0.25) is 0 Å². The van der Waals surface area contributed by atoms with Crippen LogP contribution in [0.3, 0.4) is 0 Å². The van der Waals surface area contributed by atoms with Crippen LogP contribution in [0.25, 0.3) is 0 Å². The molecule has 0 saturated heterocycles. The summed E-state index contributed by atoms with van der Waals surface area (Å²) >= 11 is 1.67. The molecule has 0 saturated carbocycles. The van der Waals surface area contributed by atoms with E-state index in [1.807, 2.05) is 14.0 Å². The van der Waals surface area contributed by atoms with E-state index in [0.29, 0.717) is 6.61 Å². The van der Waals surface area contributed by atoms with Crippen molar-refractivity contribution in [3.63, 3.8) is 0 Å². The van der Waals surface area contributed by atoms with E-state index in [2.05, 4.69) is 63.7 Å². The standard InChI is InChI=1S/C19H28N4OS.HI/c1-14(2)24-12-17-8-6-7-16(9-17)10-21-19(20-4)23(5)11-18-13-25-15(3)22-18;/h6-9,13-14H,10-12H2,1-5H3,(H,20,21);1H. The average molecular weight is 488 g/mol. The number of halogens is 1. The molecular formula is C19H29IN4OS. The Kier molecular flexibility index (Phi) is 10.1. The summed E-state index contributed by atoms with van der Waals surface area (Å²) in [5.41, 5.74) is 3.47. The zero-order valence-corrected chi connectivity index (χ0v) is 19.3. The third-order valence-electron chi connectivity index (χ3n) is 3.66. The van der Waals surface area contributed by atoms with Crippen molar-refractivity contribution in [3.8, 4) is 0 Å². The quantitative estimate of drug-likeness (QED) is 0.361. The van der Waals surface area contributed by atoms with Crippen LogP contribution >= 0.6 is 35.3 Å². The summed E-state index contributed by atoms with van der Waals surface area (Å²) in [6.45, 7) is 8.24. The van der Waals surface area contributed by atoms with Gasteiger partial charge in [-0.1, -0.05) is 24.3 Å². The van der Waals surface area contributed by atoms with E-state index in [-0.39, 0.29) is 30.1 Å². The van der Waals surface area contributed by atoms with E-state index in [1.165, 1.54) is 11.1 Å². The fourth-order valence-corrected chi connectivity index (χ4v) is 3.06. The topological polar surface area (TPSA) is 49.8 Å². The van der Waals surface area contributed by atoms with Crippen LogP contribution in [0.5, 0.6) is 0 Å². The van der Waals surface area contributed by atoms with Gasteiger partial charge >= 0.3 is 0 Å². The van der Waals surface area contributed by atoms with E-state index < -0.39 is 0 Å². The van der Waals surface area contributed by atoms with Gasteiger partial charge in [0.15, 0.2) is 5.96 Å². The van der Waals surface area contributed by atoms with Crippen molar-refractivity contribution in [1.29, 1.82) is 0 Å². The first-order valence-corrected chi connectivity index (χ1v) is 9.38. The predicted molar refractivity (Wildman–Crippen MR) is 120 cm³/mol. The van der Waals surface area contributed by atoms with Gasteiger partial charge in [-0.25, -0.2) is 4.98 Å². The van der Waals surface area contributed by atoms with Crippen LogP contribution in [0.15, 0.2) is 34.6 Å². The second-order valence-electron chi connectivity index (χ2n) is 6.29. The fourth-order valence-electron chi connectivity index (χ4n) is 2.46. The molecule has 0 aliphatic carbocycles. The van der Waals surface area contributed by atoms with E-state index in [0.717, 1.165) is 29.8 Å². The first-order valence-electron chi connectivity index (χ1n) is 8.50. The summed E-state index contributed by atoms with van der Waals surface area (Å²) in [6, 6.07) is 8.45.